The van der Waals surface area contributed by atoms with Gasteiger partial charge in [-0.15, -0.1) is 0 Å². The molecule has 1 fully saturated rings. The minimum atomic E-state index is 0.628. The zero-order chi connectivity index (χ0) is 11.5. The van der Waals surface area contributed by atoms with E-state index >= 15 is 0 Å². The van der Waals surface area contributed by atoms with Crippen molar-refractivity contribution >= 4 is 17.4 Å². The average molecular weight is 241 g/mol. The Morgan fingerprint density at radius 2 is 2.38 bits per heavy atom. The quantitative estimate of drug-likeness (QED) is 0.812. The summed E-state index contributed by atoms with van der Waals surface area (Å²) < 4.78 is 5.37. The monoisotopic (exact) mass is 240 g/mol. The molecule has 0 aliphatic carbocycles. The lowest BCUT2D eigenvalue weighted by Crippen LogP contribution is -2.26. The highest BCUT2D eigenvalue weighted by atomic mass is 35.5. The van der Waals surface area contributed by atoms with Gasteiger partial charge in [-0.05, 0) is 25.5 Å². The highest BCUT2D eigenvalue weighted by molar-refractivity contribution is 6.31. The molecule has 1 atom stereocenters. The standard InChI is InChI=1S/C12H17ClN2O/c1-9-11(13)3-4-12(14-9)15(2)7-10-5-6-16-8-10/h3-4,10H,5-8H2,1-2H3. The molecule has 0 aromatic carbocycles. The van der Waals surface area contributed by atoms with Gasteiger partial charge in [-0.1, -0.05) is 11.6 Å². The normalized spacial score (nSPS) is 20.1. The van der Waals surface area contributed by atoms with E-state index in [1.54, 1.807) is 0 Å². The number of halogens is 1. The lowest BCUT2D eigenvalue weighted by molar-refractivity contribution is 0.186. The summed E-state index contributed by atoms with van der Waals surface area (Å²) >= 11 is 5.95. The second-order valence-electron chi connectivity index (χ2n) is 4.35. The third-order valence-electron chi connectivity index (χ3n) is 2.95. The summed E-state index contributed by atoms with van der Waals surface area (Å²) in [6.45, 7) is 4.69. The highest BCUT2D eigenvalue weighted by Gasteiger charge is 2.18. The van der Waals surface area contributed by atoms with E-state index in [-0.39, 0.29) is 0 Å². The van der Waals surface area contributed by atoms with Crippen LogP contribution >= 0.6 is 11.6 Å². The molecule has 1 aliphatic heterocycles. The Bertz CT molecular complexity index is 364. The van der Waals surface area contributed by atoms with E-state index in [0.29, 0.717) is 5.92 Å². The van der Waals surface area contributed by atoms with E-state index in [0.717, 1.165) is 42.7 Å². The first kappa shape index (κ1) is 11.7. The number of ether oxygens (including phenoxy) is 1. The van der Waals surface area contributed by atoms with Crippen LogP contribution in [0.1, 0.15) is 12.1 Å². The van der Waals surface area contributed by atoms with Crippen LogP contribution in [-0.4, -0.2) is 31.8 Å². The molecule has 2 heterocycles. The number of anilines is 1. The van der Waals surface area contributed by atoms with Gasteiger partial charge in [0.2, 0.25) is 0 Å². The van der Waals surface area contributed by atoms with E-state index in [1.807, 2.05) is 19.1 Å². The minimum absolute atomic E-state index is 0.628. The molecule has 0 bridgehead atoms. The molecule has 0 saturated carbocycles. The maximum atomic E-state index is 5.95. The fourth-order valence-electron chi connectivity index (χ4n) is 1.95. The van der Waals surface area contributed by atoms with Crippen molar-refractivity contribution in [2.75, 3.05) is 31.7 Å². The molecule has 0 N–H and O–H groups in total. The third-order valence-corrected chi connectivity index (χ3v) is 3.35. The Morgan fingerprint density at radius 1 is 1.56 bits per heavy atom. The largest absolute Gasteiger partial charge is 0.381 e. The Labute approximate surface area is 101 Å². The zero-order valence-electron chi connectivity index (χ0n) is 9.74. The number of nitrogens with zero attached hydrogens (tertiary/aromatic N) is 2. The lowest BCUT2D eigenvalue weighted by Gasteiger charge is -2.21. The smallest absolute Gasteiger partial charge is 0.128 e. The number of aromatic nitrogens is 1. The summed E-state index contributed by atoms with van der Waals surface area (Å²) in [5.74, 6) is 1.61. The molecule has 1 unspecified atom stereocenters. The third kappa shape index (κ3) is 2.66. The maximum Gasteiger partial charge on any atom is 0.128 e. The van der Waals surface area contributed by atoms with Gasteiger partial charge in [0, 0.05) is 26.1 Å². The van der Waals surface area contributed by atoms with Crippen LogP contribution in [0.25, 0.3) is 0 Å². The number of aryl methyl sites for hydroxylation is 1. The average Bonchev–Trinajstić information content (AvgIpc) is 2.74. The summed E-state index contributed by atoms with van der Waals surface area (Å²) in [4.78, 5) is 6.64. The van der Waals surface area contributed by atoms with Crippen molar-refractivity contribution in [2.45, 2.75) is 13.3 Å². The summed E-state index contributed by atoms with van der Waals surface area (Å²) in [6, 6.07) is 3.87. The molecule has 2 rings (SSSR count). The van der Waals surface area contributed by atoms with Crippen molar-refractivity contribution < 1.29 is 4.74 Å². The molecule has 4 heteroatoms. The fraction of sp³-hybridized carbons (Fsp3) is 0.583. The second kappa shape index (κ2) is 5.02. The van der Waals surface area contributed by atoms with Crippen LogP contribution < -0.4 is 4.90 Å². The Balaban J connectivity index is 2.02. The molecular formula is C12H17ClN2O. The highest BCUT2D eigenvalue weighted by Crippen LogP contribution is 2.20. The predicted octanol–water partition coefficient (Wildman–Crippen LogP) is 2.52. The summed E-state index contributed by atoms with van der Waals surface area (Å²) in [5.41, 5.74) is 0.883. The van der Waals surface area contributed by atoms with Crippen molar-refractivity contribution in [1.29, 1.82) is 0 Å². The van der Waals surface area contributed by atoms with Crippen LogP contribution in [-0.2, 0) is 4.74 Å². The summed E-state index contributed by atoms with van der Waals surface area (Å²) in [5, 5.41) is 0.723. The van der Waals surface area contributed by atoms with Crippen LogP contribution in [0.2, 0.25) is 5.02 Å². The predicted molar refractivity (Wildman–Crippen MR) is 66.2 cm³/mol. The summed E-state index contributed by atoms with van der Waals surface area (Å²) in [6.07, 6.45) is 1.15. The van der Waals surface area contributed by atoms with Crippen LogP contribution in [0.3, 0.4) is 0 Å². The SMILES string of the molecule is Cc1nc(N(C)CC2CCOC2)ccc1Cl. The summed E-state index contributed by atoms with van der Waals surface area (Å²) in [7, 11) is 2.06. The van der Waals surface area contributed by atoms with Crippen LogP contribution in [0.15, 0.2) is 12.1 Å². The van der Waals surface area contributed by atoms with Gasteiger partial charge < -0.3 is 9.64 Å². The molecule has 1 aromatic heterocycles. The van der Waals surface area contributed by atoms with Gasteiger partial charge in [-0.2, -0.15) is 0 Å². The fourth-order valence-corrected chi connectivity index (χ4v) is 2.06. The van der Waals surface area contributed by atoms with E-state index in [1.165, 1.54) is 0 Å². The van der Waals surface area contributed by atoms with Gasteiger partial charge in [0.05, 0.1) is 17.3 Å². The topological polar surface area (TPSA) is 25.4 Å². The zero-order valence-corrected chi connectivity index (χ0v) is 10.5. The lowest BCUT2D eigenvalue weighted by atomic mass is 10.1. The molecule has 1 aromatic rings. The Kier molecular flexibility index (Phi) is 3.66. The van der Waals surface area contributed by atoms with E-state index in [2.05, 4.69) is 16.9 Å². The van der Waals surface area contributed by atoms with Gasteiger partial charge in [0.25, 0.3) is 0 Å². The van der Waals surface area contributed by atoms with Crippen LogP contribution in [0, 0.1) is 12.8 Å². The molecule has 1 saturated heterocycles. The number of hydrogen-bond acceptors (Lipinski definition) is 3. The first-order valence-electron chi connectivity index (χ1n) is 5.59. The van der Waals surface area contributed by atoms with Gasteiger partial charge in [0.1, 0.15) is 5.82 Å². The van der Waals surface area contributed by atoms with Gasteiger partial charge in [0.15, 0.2) is 0 Å². The van der Waals surface area contributed by atoms with Crippen molar-refractivity contribution in [3.8, 4) is 0 Å². The van der Waals surface area contributed by atoms with Crippen molar-refractivity contribution in [3.63, 3.8) is 0 Å². The minimum Gasteiger partial charge on any atom is -0.381 e. The van der Waals surface area contributed by atoms with Crippen molar-refractivity contribution in [2.24, 2.45) is 5.92 Å². The first-order chi connectivity index (χ1) is 7.66. The first-order valence-corrected chi connectivity index (χ1v) is 5.96. The molecule has 0 spiro atoms. The second-order valence-corrected chi connectivity index (χ2v) is 4.75. The number of pyridine rings is 1. The van der Waals surface area contributed by atoms with E-state index in [4.69, 9.17) is 16.3 Å². The van der Waals surface area contributed by atoms with Gasteiger partial charge in [-0.3, -0.25) is 0 Å². The Morgan fingerprint density at radius 3 is 3.00 bits per heavy atom. The molecule has 0 radical (unpaired) electrons. The molecule has 88 valence electrons. The number of rotatable bonds is 3. The molecular weight excluding hydrogens is 224 g/mol. The molecule has 0 amide bonds. The van der Waals surface area contributed by atoms with Crippen LogP contribution in [0.5, 0.6) is 0 Å². The van der Waals surface area contributed by atoms with E-state index < -0.39 is 0 Å². The van der Waals surface area contributed by atoms with Gasteiger partial charge >= 0.3 is 0 Å². The molecule has 3 nitrogen and oxygen atoms in total. The maximum absolute atomic E-state index is 5.95. The van der Waals surface area contributed by atoms with Gasteiger partial charge in [-0.25, -0.2) is 4.98 Å². The molecule has 16 heavy (non-hydrogen) atoms. The van der Waals surface area contributed by atoms with Crippen molar-refractivity contribution in [1.82, 2.24) is 4.98 Å². The number of hydrogen-bond donors (Lipinski definition) is 0. The van der Waals surface area contributed by atoms with Crippen LogP contribution in [0.4, 0.5) is 5.82 Å². The van der Waals surface area contributed by atoms with Crippen molar-refractivity contribution in [3.05, 3.63) is 22.8 Å². The Hall–Kier alpha value is -0.800. The molecule has 1 aliphatic rings. The van der Waals surface area contributed by atoms with E-state index in [9.17, 15) is 0 Å².